The Balaban J connectivity index is 1.83. The second-order valence-corrected chi connectivity index (χ2v) is 6.11. The molecule has 0 unspecified atom stereocenters. The minimum absolute atomic E-state index is 0.109. The summed E-state index contributed by atoms with van der Waals surface area (Å²) < 4.78 is 16.1. The molecule has 1 heterocycles. The first-order valence-electron chi connectivity index (χ1n) is 8.79. The van der Waals surface area contributed by atoms with E-state index in [2.05, 4.69) is 12.1 Å². The standard InChI is InChI=1S/C22H23NO4/c1-25-18-10-11-20(21(15-18)26-2)22(24)23(16-19-9-6-14-27-19)13-12-17-7-4-3-5-8-17/h3-11,14-15H,12-13,16H2,1-2H3. The number of nitrogens with zero attached hydrogens (tertiary/aromatic N) is 1. The molecular weight excluding hydrogens is 342 g/mol. The van der Waals surface area contributed by atoms with Gasteiger partial charge in [0.05, 0.1) is 32.6 Å². The van der Waals surface area contributed by atoms with Gasteiger partial charge in [0, 0.05) is 12.6 Å². The second kappa shape index (κ2) is 8.94. The van der Waals surface area contributed by atoms with E-state index in [0.717, 1.165) is 12.2 Å². The molecule has 0 N–H and O–H groups in total. The molecule has 140 valence electrons. The van der Waals surface area contributed by atoms with Crippen molar-refractivity contribution < 1.29 is 18.7 Å². The molecule has 1 amide bonds. The van der Waals surface area contributed by atoms with Gasteiger partial charge >= 0.3 is 0 Å². The number of ether oxygens (including phenoxy) is 2. The van der Waals surface area contributed by atoms with Gasteiger partial charge in [-0.15, -0.1) is 0 Å². The molecule has 0 aliphatic heterocycles. The number of carbonyl (C=O) groups excluding carboxylic acids is 1. The summed E-state index contributed by atoms with van der Waals surface area (Å²) in [7, 11) is 3.13. The lowest BCUT2D eigenvalue weighted by molar-refractivity contribution is 0.0730. The molecule has 0 aliphatic rings. The topological polar surface area (TPSA) is 51.9 Å². The van der Waals surface area contributed by atoms with Crippen LogP contribution in [-0.4, -0.2) is 31.6 Å². The highest BCUT2D eigenvalue weighted by molar-refractivity contribution is 5.97. The monoisotopic (exact) mass is 365 g/mol. The van der Waals surface area contributed by atoms with Crippen LogP contribution in [0.25, 0.3) is 0 Å². The van der Waals surface area contributed by atoms with Crippen molar-refractivity contribution in [2.24, 2.45) is 0 Å². The zero-order chi connectivity index (χ0) is 19.1. The number of methoxy groups -OCH3 is 2. The third-order valence-corrected chi connectivity index (χ3v) is 4.37. The minimum Gasteiger partial charge on any atom is -0.497 e. The highest BCUT2D eigenvalue weighted by Gasteiger charge is 2.21. The molecule has 0 fully saturated rings. The van der Waals surface area contributed by atoms with Crippen LogP contribution in [0, 0.1) is 0 Å². The van der Waals surface area contributed by atoms with Crippen molar-refractivity contribution >= 4 is 5.91 Å². The lowest BCUT2D eigenvalue weighted by atomic mass is 10.1. The first kappa shape index (κ1) is 18.6. The fourth-order valence-corrected chi connectivity index (χ4v) is 2.90. The molecule has 3 rings (SSSR count). The average molecular weight is 365 g/mol. The van der Waals surface area contributed by atoms with Crippen molar-refractivity contribution in [2.75, 3.05) is 20.8 Å². The molecule has 1 aromatic heterocycles. The normalized spacial score (nSPS) is 10.4. The van der Waals surface area contributed by atoms with E-state index in [-0.39, 0.29) is 5.91 Å². The molecule has 0 spiro atoms. The van der Waals surface area contributed by atoms with Crippen molar-refractivity contribution in [3.63, 3.8) is 0 Å². The predicted octanol–water partition coefficient (Wildman–Crippen LogP) is 4.18. The summed E-state index contributed by atoms with van der Waals surface area (Å²) in [5.41, 5.74) is 1.68. The average Bonchev–Trinajstić information content (AvgIpc) is 3.24. The van der Waals surface area contributed by atoms with Crippen molar-refractivity contribution in [1.29, 1.82) is 0 Å². The third kappa shape index (κ3) is 4.70. The molecule has 0 saturated carbocycles. The molecule has 0 radical (unpaired) electrons. The van der Waals surface area contributed by atoms with Gasteiger partial charge in [0.15, 0.2) is 0 Å². The summed E-state index contributed by atoms with van der Waals surface area (Å²) in [6, 6.07) is 19.0. The molecule has 3 aromatic rings. The summed E-state index contributed by atoms with van der Waals surface area (Å²) in [4.78, 5) is 15.0. The number of carbonyl (C=O) groups is 1. The van der Waals surface area contributed by atoms with Crippen molar-refractivity contribution in [1.82, 2.24) is 4.90 Å². The first-order valence-corrected chi connectivity index (χ1v) is 8.79. The van der Waals surface area contributed by atoms with Crippen LogP contribution in [0.5, 0.6) is 11.5 Å². The largest absolute Gasteiger partial charge is 0.497 e. The molecule has 0 bridgehead atoms. The Morgan fingerprint density at radius 3 is 2.48 bits per heavy atom. The Morgan fingerprint density at radius 1 is 1.00 bits per heavy atom. The summed E-state index contributed by atoms with van der Waals surface area (Å²) in [6.07, 6.45) is 2.37. The van der Waals surface area contributed by atoms with Gasteiger partial charge in [-0.1, -0.05) is 30.3 Å². The van der Waals surface area contributed by atoms with Crippen LogP contribution in [-0.2, 0) is 13.0 Å². The molecule has 5 heteroatoms. The highest BCUT2D eigenvalue weighted by atomic mass is 16.5. The van der Waals surface area contributed by atoms with Crippen LogP contribution in [0.2, 0.25) is 0 Å². The Morgan fingerprint density at radius 2 is 1.81 bits per heavy atom. The number of hydrogen-bond acceptors (Lipinski definition) is 4. The van der Waals surface area contributed by atoms with Gasteiger partial charge in [-0.2, -0.15) is 0 Å². The van der Waals surface area contributed by atoms with Crippen molar-refractivity contribution in [2.45, 2.75) is 13.0 Å². The van der Waals surface area contributed by atoms with Gasteiger partial charge in [0.1, 0.15) is 17.3 Å². The third-order valence-electron chi connectivity index (χ3n) is 4.37. The van der Waals surface area contributed by atoms with E-state index in [1.807, 2.05) is 30.3 Å². The summed E-state index contributed by atoms with van der Waals surface area (Å²) in [5.74, 6) is 1.76. The molecule has 0 aliphatic carbocycles. The summed E-state index contributed by atoms with van der Waals surface area (Å²) in [6.45, 7) is 0.965. The fourth-order valence-electron chi connectivity index (χ4n) is 2.90. The van der Waals surface area contributed by atoms with Gasteiger partial charge in [0.25, 0.3) is 5.91 Å². The summed E-state index contributed by atoms with van der Waals surface area (Å²) in [5, 5.41) is 0. The lowest BCUT2D eigenvalue weighted by Crippen LogP contribution is -2.32. The van der Waals surface area contributed by atoms with E-state index in [9.17, 15) is 4.79 Å². The fraction of sp³-hybridized carbons (Fsp3) is 0.227. The maximum atomic E-state index is 13.2. The Bertz CT molecular complexity index is 859. The van der Waals surface area contributed by atoms with E-state index in [4.69, 9.17) is 13.9 Å². The lowest BCUT2D eigenvalue weighted by Gasteiger charge is -2.23. The van der Waals surface area contributed by atoms with Gasteiger partial charge in [-0.3, -0.25) is 4.79 Å². The molecule has 2 aromatic carbocycles. The molecular formula is C22H23NO4. The minimum atomic E-state index is -0.109. The summed E-state index contributed by atoms with van der Waals surface area (Å²) >= 11 is 0. The number of hydrogen-bond donors (Lipinski definition) is 0. The van der Waals surface area contributed by atoms with Gasteiger partial charge in [-0.05, 0) is 36.2 Å². The van der Waals surface area contributed by atoms with Gasteiger partial charge < -0.3 is 18.8 Å². The van der Waals surface area contributed by atoms with Crippen LogP contribution < -0.4 is 9.47 Å². The van der Waals surface area contributed by atoms with E-state index < -0.39 is 0 Å². The zero-order valence-electron chi connectivity index (χ0n) is 15.6. The van der Waals surface area contributed by atoms with E-state index in [1.165, 1.54) is 5.56 Å². The number of amides is 1. The van der Waals surface area contributed by atoms with E-state index in [0.29, 0.717) is 30.2 Å². The predicted molar refractivity (Wildman–Crippen MR) is 103 cm³/mol. The second-order valence-electron chi connectivity index (χ2n) is 6.11. The number of benzene rings is 2. The zero-order valence-corrected chi connectivity index (χ0v) is 15.6. The first-order chi connectivity index (χ1) is 13.2. The molecule has 5 nitrogen and oxygen atoms in total. The maximum absolute atomic E-state index is 13.2. The van der Waals surface area contributed by atoms with Crippen LogP contribution >= 0.6 is 0 Å². The Hall–Kier alpha value is -3.21. The maximum Gasteiger partial charge on any atom is 0.258 e. The quantitative estimate of drug-likeness (QED) is 0.601. The number of furan rings is 1. The smallest absolute Gasteiger partial charge is 0.258 e. The Labute approximate surface area is 159 Å². The van der Waals surface area contributed by atoms with Crippen molar-refractivity contribution in [3.05, 3.63) is 83.8 Å². The molecule has 0 atom stereocenters. The van der Waals surface area contributed by atoms with Crippen LogP contribution in [0.3, 0.4) is 0 Å². The van der Waals surface area contributed by atoms with Gasteiger partial charge in [0.2, 0.25) is 0 Å². The molecule has 0 saturated heterocycles. The highest BCUT2D eigenvalue weighted by Crippen LogP contribution is 2.26. The van der Waals surface area contributed by atoms with E-state index >= 15 is 0 Å². The Kier molecular flexibility index (Phi) is 6.15. The van der Waals surface area contributed by atoms with Crippen LogP contribution in [0.4, 0.5) is 0 Å². The SMILES string of the molecule is COc1ccc(C(=O)N(CCc2ccccc2)Cc2ccco2)c(OC)c1. The number of rotatable bonds is 8. The molecule has 27 heavy (non-hydrogen) atoms. The van der Waals surface area contributed by atoms with Crippen LogP contribution in [0.1, 0.15) is 21.7 Å². The van der Waals surface area contributed by atoms with Crippen molar-refractivity contribution in [3.8, 4) is 11.5 Å². The van der Waals surface area contributed by atoms with Gasteiger partial charge in [-0.25, -0.2) is 0 Å². The van der Waals surface area contributed by atoms with Crippen LogP contribution in [0.15, 0.2) is 71.3 Å². The van der Waals surface area contributed by atoms with E-state index in [1.54, 1.807) is 43.6 Å².